The van der Waals surface area contributed by atoms with Gasteiger partial charge in [-0.15, -0.1) is 0 Å². The number of hydrogen-bond acceptors (Lipinski definition) is 1. The topological polar surface area (TPSA) is 20.2 Å². The fourth-order valence-electron chi connectivity index (χ4n) is 0.902. The van der Waals surface area contributed by atoms with Crippen molar-refractivity contribution >= 4 is 0 Å². The third-order valence-electron chi connectivity index (χ3n) is 1.68. The quantitative estimate of drug-likeness (QED) is 0.780. The summed E-state index contributed by atoms with van der Waals surface area (Å²) < 4.78 is 26.1. The summed E-state index contributed by atoms with van der Waals surface area (Å²) in [7, 11) is 0. The molecule has 0 bridgehead atoms. The van der Waals surface area contributed by atoms with Gasteiger partial charge in [-0.25, -0.2) is 0 Å². The number of aliphatic hydroxyl groups is 1. The Morgan fingerprint density at radius 3 is 1.93 bits per heavy atom. The van der Waals surface area contributed by atoms with E-state index >= 15 is 0 Å². The molecular weight excluding hydrogens is 186 g/mol. The van der Waals surface area contributed by atoms with Crippen LogP contribution < -0.4 is 0 Å². The monoisotopic (exact) mass is 202 g/mol. The Morgan fingerprint density at radius 2 is 1.57 bits per heavy atom. The fraction of sp³-hybridized carbons (Fsp3) is 0.455. The minimum Gasteiger partial charge on any atom is -0.387 e. The number of hydrogen-bond donors (Lipinski definition) is 1. The van der Waals surface area contributed by atoms with Crippen LogP contribution >= 0.6 is 0 Å². The van der Waals surface area contributed by atoms with Crippen molar-refractivity contribution in [3.8, 4) is 0 Å². The molecule has 1 nitrogen and oxygen atoms in total. The zero-order valence-corrected chi connectivity index (χ0v) is 8.67. The Balaban J connectivity index is 0.000000791. The van der Waals surface area contributed by atoms with E-state index in [-0.39, 0.29) is 5.56 Å². The van der Waals surface area contributed by atoms with E-state index in [1.165, 1.54) is 24.3 Å². The maximum Gasteiger partial charge on any atom is 0.298 e. The second-order valence-corrected chi connectivity index (χ2v) is 2.66. The number of alkyl halides is 2. The van der Waals surface area contributed by atoms with Crippen molar-refractivity contribution in [1.82, 2.24) is 0 Å². The van der Waals surface area contributed by atoms with Crippen molar-refractivity contribution in [2.45, 2.75) is 32.8 Å². The highest BCUT2D eigenvalue weighted by Crippen LogP contribution is 2.30. The molecule has 0 saturated heterocycles. The maximum atomic E-state index is 13.0. The van der Waals surface area contributed by atoms with Crippen molar-refractivity contribution < 1.29 is 13.9 Å². The molecule has 1 atom stereocenters. The maximum absolute atomic E-state index is 13.0. The third-order valence-corrected chi connectivity index (χ3v) is 1.68. The van der Waals surface area contributed by atoms with Crippen molar-refractivity contribution in [3.05, 3.63) is 35.9 Å². The Morgan fingerprint density at radius 1 is 1.14 bits per heavy atom. The summed E-state index contributed by atoms with van der Waals surface area (Å²) in [4.78, 5) is 0. The van der Waals surface area contributed by atoms with Gasteiger partial charge < -0.3 is 5.11 Å². The molecular formula is C11H16F2O. The summed E-state index contributed by atoms with van der Waals surface area (Å²) in [5.74, 6) is -3.15. The molecule has 0 saturated carbocycles. The van der Waals surface area contributed by atoms with Crippen LogP contribution in [0.5, 0.6) is 0 Å². The van der Waals surface area contributed by atoms with Crippen LogP contribution in [0.15, 0.2) is 30.3 Å². The first kappa shape index (κ1) is 13.0. The second kappa shape index (κ2) is 5.70. The summed E-state index contributed by atoms with van der Waals surface area (Å²) in [5.41, 5.74) is -0.153. The Bertz CT molecular complexity index is 245. The molecule has 1 rings (SSSR count). The Kier molecular flexibility index (Phi) is 5.31. The van der Waals surface area contributed by atoms with E-state index in [2.05, 4.69) is 0 Å². The summed E-state index contributed by atoms with van der Waals surface area (Å²) in [6.07, 6.45) is -1.65. The van der Waals surface area contributed by atoms with E-state index < -0.39 is 12.0 Å². The summed E-state index contributed by atoms with van der Waals surface area (Å²) in [6.45, 7) is 5.08. The van der Waals surface area contributed by atoms with E-state index in [0.29, 0.717) is 0 Å². The average Bonchev–Trinajstić information content (AvgIpc) is 2.22. The molecule has 0 heterocycles. The van der Waals surface area contributed by atoms with E-state index in [1.807, 2.05) is 13.8 Å². The molecule has 0 radical (unpaired) electrons. The van der Waals surface area contributed by atoms with Crippen LogP contribution in [0.3, 0.4) is 0 Å². The number of aliphatic hydroxyl groups excluding tert-OH is 1. The van der Waals surface area contributed by atoms with Gasteiger partial charge in [-0.3, -0.25) is 0 Å². The predicted molar refractivity (Wildman–Crippen MR) is 53.4 cm³/mol. The molecule has 0 aromatic heterocycles. The van der Waals surface area contributed by atoms with Crippen LogP contribution in [0.25, 0.3) is 0 Å². The highest BCUT2D eigenvalue weighted by atomic mass is 19.3. The van der Waals surface area contributed by atoms with Gasteiger partial charge in [0.2, 0.25) is 0 Å². The van der Waals surface area contributed by atoms with E-state index in [9.17, 15) is 8.78 Å². The largest absolute Gasteiger partial charge is 0.387 e. The van der Waals surface area contributed by atoms with Crippen LogP contribution in [-0.2, 0) is 5.92 Å². The lowest BCUT2D eigenvalue weighted by Gasteiger charge is -2.19. The normalized spacial score (nSPS) is 12.7. The lowest BCUT2D eigenvalue weighted by Crippen LogP contribution is -2.27. The summed E-state index contributed by atoms with van der Waals surface area (Å²) in [6, 6.07) is 7.29. The van der Waals surface area contributed by atoms with Crippen molar-refractivity contribution in [2.24, 2.45) is 0 Å². The SMILES string of the molecule is CC.CC(O)C(F)(F)c1ccccc1. The van der Waals surface area contributed by atoms with Gasteiger partial charge in [0, 0.05) is 5.56 Å². The predicted octanol–water partition coefficient (Wildman–Crippen LogP) is 3.19. The smallest absolute Gasteiger partial charge is 0.298 e. The van der Waals surface area contributed by atoms with Gasteiger partial charge >= 0.3 is 0 Å². The van der Waals surface area contributed by atoms with Crippen LogP contribution in [0.1, 0.15) is 26.3 Å². The first-order valence-electron chi connectivity index (χ1n) is 4.66. The van der Waals surface area contributed by atoms with Crippen molar-refractivity contribution in [2.75, 3.05) is 0 Å². The Hall–Kier alpha value is -0.960. The molecule has 3 heteroatoms. The number of rotatable bonds is 2. The van der Waals surface area contributed by atoms with Crippen molar-refractivity contribution in [3.63, 3.8) is 0 Å². The lowest BCUT2D eigenvalue weighted by atomic mass is 10.0. The highest BCUT2D eigenvalue weighted by Gasteiger charge is 2.36. The number of halogens is 2. The average molecular weight is 202 g/mol. The van der Waals surface area contributed by atoms with Crippen LogP contribution in [-0.4, -0.2) is 11.2 Å². The Labute approximate surface area is 83.4 Å². The molecule has 1 aromatic rings. The molecule has 0 aliphatic heterocycles. The van der Waals surface area contributed by atoms with Gasteiger partial charge in [0.15, 0.2) is 0 Å². The molecule has 0 aliphatic rings. The van der Waals surface area contributed by atoms with Gasteiger partial charge in [0.05, 0.1) is 0 Å². The summed E-state index contributed by atoms with van der Waals surface area (Å²) >= 11 is 0. The van der Waals surface area contributed by atoms with Gasteiger partial charge in [0.25, 0.3) is 5.92 Å². The fourth-order valence-corrected chi connectivity index (χ4v) is 0.902. The zero-order chi connectivity index (χ0) is 11.2. The summed E-state index contributed by atoms with van der Waals surface area (Å²) in [5, 5.41) is 8.78. The van der Waals surface area contributed by atoms with Gasteiger partial charge in [-0.2, -0.15) is 8.78 Å². The molecule has 1 N–H and O–H groups in total. The molecule has 1 aromatic carbocycles. The number of benzene rings is 1. The third kappa shape index (κ3) is 3.07. The molecule has 0 aliphatic carbocycles. The molecule has 0 fully saturated rings. The first-order chi connectivity index (χ1) is 6.55. The van der Waals surface area contributed by atoms with Gasteiger partial charge in [-0.05, 0) is 6.92 Å². The van der Waals surface area contributed by atoms with Crippen LogP contribution in [0.2, 0.25) is 0 Å². The first-order valence-corrected chi connectivity index (χ1v) is 4.66. The van der Waals surface area contributed by atoms with Crippen LogP contribution in [0.4, 0.5) is 8.78 Å². The van der Waals surface area contributed by atoms with Gasteiger partial charge in [0.1, 0.15) is 6.10 Å². The second-order valence-electron chi connectivity index (χ2n) is 2.66. The zero-order valence-electron chi connectivity index (χ0n) is 8.67. The lowest BCUT2D eigenvalue weighted by molar-refractivity contribution is -0.106. The standard InChI is InChI=1S/C9H10F2O.C2H6/c1-7(12)9(10,11)8-5-3-2-4-6-8;1-2/h2-7,12H,1H3;1-2H3. The molecule has 80 valence electrons. The molecule has 14 heavy (non-hydrogen) atoms. The molecule has 0 amide bonds. The molecule has 0 spiro atoms. The minimum absolute atomic E-state index is 0.153. The minimum atomic E-state index is -3.15. The highest BCUT2D eigenvalue weighted by molar-refractivity contribution is 5.20. The van der Waals surface area contributed by atoms with Gasteiger partial charge in [-0.1, -0.05) is 44.2 Å². The van der Waals surface area contributed by atoms with Crippen LogP contribution in [0, 0.1) is 0 Å². The van der Waals surface area contributed by atoms with E-state index in [4.69, 9.17) is 5.11 Å². The molecule has 1 unspecified atom stereocenters. The van der Waals surface area contributed by atoms with Crippen molar-refractivity contribution in [1.29, 1.82) is 0 Å². The van der Waals surface area contributed by atoms with E-state index in [1.54, 1.807) is 6.07 Å². The van der Waals surface area contributed by atoms with E-state index in [0.717, 1.165) is 6.92 Å².